The molecule has 0 spiro atoms. The van der Waals surface area contributed by atoms with Gasteiger partial charge in [0.05, 0.1) is 5.52 Å². The number of aromatic nitrogens is 1. The summed E-state index contributed by atoms with van der Waals surface area (Å²) in [6.07, 6.45) is -2.65. The van der Waals surface area contributed by atoms with Gasteiger partial charge < -0.3 is 24.4 Å². The predicted molar refractivity (Wildman–Crippen MR) is 176 cm³/mol. The number of piperazine rings is 1. The van der Waals surface area contributed by atoms with Crippen LogP contribution < -0.4 is 9.64 Å². The van der Waals surface area contributed by atoms with E-state index in [-0.39, 0.29) is 57.2 Å². The van der Waals surface area contributed by atoms with Crippen molar-refractivity contribution in [3.8, 4) is 16.9 Å². The molecule has 254 valence electrons. The van der Waals surface area contributed by atoms with Crippen LogP contribution in [0.15, 0.2) is 36.4 Å². The number of fused-ring (bicyclic) bond motifs is 1. The van der Waals surface area contributed by atoms with Gasteiger partial charge in [-0.2, -0.15) is 0 Å². The van der Waals surface area contributed by atoms with Gasteiger partial charge in [-0.3, -0.25) is 14.5 Å². The summed E-state index contributed by atoms with van der Waals surface area (Å²) >= 11 is 0. The van der Waals surface area contributed by atoms with Crippen LogP contribution >= 0.6 is 0 Å². The Morgan fingerprint density at radius 3 is 2.21 bits per heavy atom. The molecule has 0 radical (unpaired) electrons. The van der Waals surface area contributed by atoms with E-state index in [0.29, 0.717) is 37.3 Å². The monoisotopic (exact) mass is 657 g/mol. The smallest absolute Gasteiger partial charge is 0.405 e. The van der Waals surface area contributed by atoms with Crippen molar-refractivity contribution in [2.75, 3.05) is 58.3 Å². The Morgan fingerprint density at radius 2 is 1.62 bits per heavy atom. The second kappa shape index (κ2) is 12.9. The average molecular weight is 658 g/mol. The number of alkyl halides is 3. The third kappa shape index (κ3) is 7.27. The molecule has 5 rings (SSSR count). The topological polar surface area (TPSA) is 72.1 Å². The van der Waals surface area contributed by atoms with Crippen LogP contribution in [0.5, 0.6) is 5.75 Å². The van der Waals surface area contributed by atoms with Crippen molar-refractivity contribution in [1.82, 2.24) is 19.7 Å². The summed E-state index contributed by atoms with van der Waals surface area (Å²) in [6.45, 7) is 13.4. The van der Waals surface area contributed by atoms with E-state index in [1.165, 1.54) is 23.1 Å². The van der Waals surface area contributed by atoms with Crippen molar-refractivity contribution < 1.29 is 31.9 Å². The molecule has 0 atom stereocenters. The van der Waals surface area contributed by atoms with E-state index >= 15 is 4.39 Å². The number of H-pyrrole nitrogens is 1. The summed E-state index contributed by atoms with van der Waals surface area (Å²) < 4.78 is 62.8. The van der Waals surface area contributed by atoms with Gasteiger partial charge in [0.1, 0.15) is 11.4 Å². The van der Waals surface area contributed by atoms with Crippen molar-refractivity contribution >= 4 is 34.0 Å². The van der Waals surface area contributed by atoms with Gasteiger partial charge in [0, 0.05) is 93.1 Å². The molecule has 0 bridgehead atoms. The molecule has 2 aromatic carbocycles. The van der Waals surface area contributed by atoms with E-state index in [4.69, 9.17) is 0 Å². The minimum atomic E-state index is -4.99. The number of halogens is 4. The fourth-order valence-electron chi connectivity index (χ4n) is 6.34. The highest BCUT2D eigenvalue weighted by Gasteiger charge is 2.34. The largest absolute Gasteiger partial charge is 0.573 e. The Kier molecular flexibility index (Phi) is 9.38. The number of anilines is 1. The first-order valence-electron chi connectivity index (χ1n) is 15.9. The number of nitrogens with one attached hydrogen (secondary N) is 1. The van der Waals surface area contributed by atoms with Crippen LogP contribution in [0.3, 0.4) is 0 Å². The van der Waals surface area contributed by atoms with Gasteiger partial charge in [-0.15, -0.1) is 13.2 Å². The van der Waals surface area contributed by atoms with Crippen molar-refractivity contribution in [2.24, 2.45) is 5.92 Å². The molecule has 8 nitrogen and oxygen atoms in total. The Hall–Kier alpha value is -4.06. The van der Waals surface area contributed by atoms with Gasteiger partial charge >= 0.3 is 6.36 Å². The van der Waals surface area contributed by atoms with E-state index in [2.05, 4.69) is 35.4 Å². The molecular formula is C35H43F4N5O3. The molecule has 1 aromatic heterocycles. The first-order chi connectivity index (χ1) is 21.9. The maximum Gasteiger partial charge on any atom is 0.573 e. The molecule has 2 aliphatic rings. The lowest BCUT2D eigenvalue weighted by Gasteiger charge is -2.43. The first-order valence-corrected chi connectivity index (χ1v) is 15.9. The van der Waals surface area contributed by atoms with E-state index < -0.39 is 23.8 Å². The molecule has 2 aliphatic heterocycles. The van der Waals surface area contributed by atoms with Gasteiger partial charge in [0.25, 0.3) is 5.91 Å². The normalized spacial score (nSPS) is 16.6. The SMILES string of the molecule is CC(C)C(=O)N1CCC=C(c2cc(-c3ccc(N4CCN(C(C)(C)C)CC4)cc3OC(F)(F)F)c3cc(C(=O)N(C)C)[nH]c3c2F)C1. The first kappa shape index (κ1) is 34.3. The van der Waals surface area contributed by atoms with E-state index in [1.54, 1.807) is 45.0 Å². The van der Waals surface area contributed by atoms with E-state index in [0.717, 1.165) is 13.1 Å². The summed E-state index contributed by atoms with van der Waals surface area (Å²) in [5.41, 5.74) is 1.66. The van der Waals surface area contributed by atoms with E-state index in [9.17, 15) is 22.8 Å². The number of nitrogens with zero attached hydrogens (tertiary/aromatic N) is 4. The summed E-state index contributed by atoms with van der Waals surface area (Å²) in [4.78, 5) is 36.0. The Balaban J connectivity index is 1.65. The van der Waals surface area contributed by atoms with Crippen molar-refractivity contribution in [1.29, 1.82) is 0 Å². The van der Waals surface area contributed by atoms with Gasteiger partial charge in [-0.1, -0.05) is 19.9 Å². The predicted octanol–water partition coefficient (Wildman–Crippen LogP) is 6.77. The minimum Gasteiger partial charge on any atom is -0.405 e. The van der Waals surface area contributed by atoms with Crippen LogP contribution in [0, 0.1) is 11.7 Å². The number of hydrogen-bond acceptors (Lipinski definition) is 5. The highest BCUT2D eigenvalue weighted by Crippen LogP contribution is 2.43. The molecule has 0 aliphatic carbocycles. The summed E-state index contributed by atoms with van der Waals surface area (Å²) in [6, 6.07) is 7.66. The Labute approximate surface area is 272 Å². The quantitative estimate of drug-likeness (QED) is 0.297. The highest BCUT2D eigenvalue weighted by atomic mass is 19.4. The number of carbonyl (C=O) groups excluding carboxylic acids is 2. The molecule has 47 heavy (non-hydrogen) atoms. The second-order valence-electron chi connectivity index (χ2n) is 13.8. The number of carbonyl (C=O) groups is 2. The zero-order valence-electron chi connectivity index (χ0n) is 28.0. The molecule has 1 fully saturated rings. The molecule has 3 heterocycles. The van der Waals surface area contributed by atoms with Gasteiger partial charge in [0.15, 0.2) is 5.82 Å². The molecule has 3 aromatic rings. The maximum absolute atomic E-state index is 16.4. The second-order valence-corrected chi connectivity index (χ2v) is 13.8. The lowest BCUT2D eigenvalue weighted by atomic mass is 9.92. The maximum atomic E-state index is 16.4. The minimum absolute atomic E-state index is 0.0174. The molecule has 0 unspecified atom stereocenters. The van der Waals surface area contributed by atoms with Crippen LogP contribution in [0.25, 0.3) is 27.6 Å². The Bertz CT molecular complexity index is 1700. The fraction of sp³-hybridized carbons (Fsp3) is 0.486. The number of amides is 2. The molecule has 2 amide bonds. The number of ether oxygens (including phenoxy) is 1. The fourth-order valence-corrected chi connectivity index (χ4v) is 6.34. The van der Waals surface area contributed by atoms with Gasteiger partial charge in [-0.05, 0) is 62.6 Å². The summed E-state index contributed by atoms with van der Waals surface area (Å²) in [5, 5.41) is 0.238. The molecule has 1 saturated heterocycles. The highest BCUT2D eigenvalue weighted by molar-refractivity contribution is 6.05. The Morgan fingerprint density at radius 1 is 0.936 bits per heavy atom. The molecule has 0 saturated carbocycles. The average Bonchev–Trinajstić information content (AvgIpc) is 3.46. The van der Waals surface area contributed by atoms with Crippen molar-refractivity contribution in [2.45, 2.75) is 52.9 Å². The third-order valence-electron chi connectivity index (χ3n) is 8.87. The molecular weight excluding hydrogens is 614 g/mol. The van der Waals surface area contributed by atoms with Gasteiger partial charge in [-0.25, -0.2) is 4.39 Å². The van der Waals surface area contributed by atoms with Crippen LogP contribution in [0.4, 0.5) is 23.2 Å². The number of hydrogen-bond donors (Lipinski definition) is 1. The third-order valence-corrected chi connectivity index (χ3v) is 8.87. The zero-order chi connectivity index (χ0) is 34.4. The lowest BCUT2D eigenvalue weighted by molar-refractivity contribution is -0.274. The summed E-state index contributed by atoms with van der Waals surface area (Å²) in [5.74, 6) is -1.83. The number of rotatable bonds is 6. The van der Waals surface area contributed by atoms with Crippen LogP contribution in [-0.2, 0) is 4.79 Å². The van der Waals surface area contributed by atoms with Crippen molar-refractivity contribution in [3.05, 3.63) is 53.5 Å². The van der Waals surface area contributed by atoms with E-state index in [1.807, 2.05) is 11.0 Å². The standard InChI is InChI=1S/C35H43F4N5O3/c1-21(2)32(45)43-12-8-9-22(20-43)25-18-26(27-19-28(33(46)41(6)7)40-31(27)30(25)36)24-11-10-23(17-29(24)47-35(37,38)39)42-13-15-44(16-14-42)34(3,4)5/h9-11,17-19,21,40H,8,12-16,20H2,1-7H3. The lowest BCUT2D eigenvalue weighted by Crippen LogP contribution is -2.53. The van der Waals surface area contributed by atoms with Crippen LogP contribution in [0.2, 0.25) is 0 Å². The number of aromatic amines is 1. The summed E-state index contributed by atoms with van der Waals surface area (Å²) in [7, 11) is 3.11. The van der Waals surface area contributed by atoms with Crippen LogP contribution in [0.1, 0.15) is 57.1 Å². The van der Waals surface area contributed by atoms with Crippen molar-refractivity contribution in [3.63, 3.8) is 0 Å². The number of benzene rings is 2. The van der Waals surface area contributed by atoms with Crippen LogP contribution in [-0.4, -0.2) is 96.8 Å². The molecule has 1 N–H and O–H groups in total. The van der Waals surface area contributed by atoms with Gasteiger partial charge in [0.2, 0.25) is 5.91 Å². The zero-order valence-corrected chi connectivity index (χ0v) is 28.0. The molecule has 12 heteroatoms.